The summed E-state index contributed by atoms with van der Waals surface area (Å²) < 4.78 is 11.6. The molecule has 0 aromatic carbocycles. The molecular weight excluding hydrogens is 180 g/mol. The van der Waals surface area contributed by atoms with Gasteiger partial charge in [-0.15, -0.1) is 0 Å². The van der Waals surface area contributed by atoms with Gasteiger partial charge in [0, 0.05) is 12.3 Å². The first kappa shape index (κ1) is 9.13. The van der Waals surface area contributed by atoms with Crippen LogP contribution in [-0.4, -0.2) is 30.2 Å². The van der Waals surface area contributed by atoms with Crippen molar-refractivity contribution in [1.82, 2.24) is 0 Å². The third-order valence-electron chi connectivity index (χ3n) is 4.33. The Kier molecular flexibility index (Phi) is 1.92. The normalized spacial score (nSPS) is 50.1. The largest absolute Gasteiger partial charge is 0.393 e. The van der Waals surface area contributed by atoms with Gasteiger partial charge in [0.2, 0.25) is 0 Å². The lowest BCUT2D eigenvalue weighted by Crippen LogP contribution is -2.35. The second-order valence-electron chi connectivity index (χ2n) is 5.02. The van der Waals surface area contributed by atoms with E-state index in [0.29, 0.717) is 17.8 Å². The average molecular weight is 198 g/mol. The Labute approximate surface area is 84.4 Å². The zero-order chi connectivity index (χ0) is 9.76. The Balaban J connectivity index is 1.86. The first-order valence-corrected chi connectivity index (χ1v) is 5.69. The fraction of sp³-hybridized carbons (Fsp3) is 1.00. The van der Waals surface area contributed by atoms with Gasteiger partial charge in [0.25, 0.3) is 0 Å². The van der Waals surface area contributed by atoms with E-state index < -0.39 is 0 Å². The van der Waals surface area contributed by atoms with Crippen molar-refractivity contribution in [1.29, 1.82) is 0 Å². The van der Waals surface area contributed by atoms with Gasteiger partial charge in [-0.1, -0.05) is 6.92 Å². The van der Waals surface area contributed by atoms with Crippen molar-refractivity contribution in [2.24, 2.45) is 17.8 Å². The molecule has 0 bridgehead atoms. The van der Waals surface area contributed by atoms with Gasteiger partial charge < -0.3 is 14.6 Å². The number of rotatable bonds is 0. The number of ether oxygens (including phenoxy) is 2. The molecule has 0 aromatic rings. The molecule has 3 heteroatoms. The molecule has 1 heterocycles. The number of aliphatic hydroxyl groups is 1. The zero-order valence-electron chi connectivity index (χ0n) is 8.61. The summed E-state index contributed by atoms with van der Waals surface area (Å²) in [5.74, 6) is 0.962. The maximum absolute atomic E-state index is 10.0. The zero-order valence-corrected chi connectivity index (χ0v) is 8.61. The molecule has 0 unspecified atom stereocenters. The summed E-state index contributed by atoms with van der Waals surface area (Å²) in [4.78, 5) is 0. The Bertz CT molecular complexity index is 235. The van der Waals surface area contributed by atoms with Crippen LogP contribution in [0.1, 0.15) is 26.2 Å². The highest BCUT2D eigenvalue weighted by molar-refractivity contribution is 5.02. The fourth-order valence-corrected chi connectivity index (χ4v) is 3.63. The molecular formula is C11H18O3. The Morgan fingerprint density at radius 3 is 2.71 bits per heavy atom. The number of aliphatic hydroxyl groups excluding tert-OH is 1. The van der Waals surface area contributed by atoms with Crippen LogP contribution in [0.2, 0.25) is 0 Å². The van der Waals surface area contributed by atoms with Crippen LogP contribution in [0.4, 0.5) is 0 Å². The van der Waals surface area contributed by atoms with Crippen LogP contribution in [0.15, 0.2) is 0 Å². The predicted molar refractivity (Wildman–Crippen MR) is 50.6 cm³/mol. The summed E-state index contributed by atoms with van der Waals surface area (Å²) in [6.45, 7) is 3.59. The molecule has 1 N–H and O–H groups in total. The molecule has 3 aliphatic rings. The molecule has 0 aromatic heterocycles. The molecule has 1 spiro atoms. The third kappa shape index (κ3) is 1.03. The van der Waals surface area contributed by atoms with Crippen LogP contribution < -0.4 is 0 Å². The summed E-state index contributed by atoms with van der Waals surface area (Å²) in [7, 11) is 0. The van der Waals surface area contributed by atoms with Crippen molar-refractivity contribution in [2.45, 2.75) is 38.1 Å². The average Bonchev–Trinajstić information content (AvgIpc) is 2.82. The van der Waals surface area contributed by atoms with E-state index >= 15 is 0 Å². The minimum atomic E-state index is -0.309. The Morgan fingerprint density at radius 2 is 2.00 bits per heavy atom. The molecule has 14 heavy (non-hydrogen) atoms. The molecule has 3 rings (SSSR count). The van der Waals surface area contributed by atoms with E-state index in [4.69, 9.17) is 9.47 Å². The van der Waals surface area contributed by atoms with Crippen LogP contribution in [0.3, 0.4) is 0 Å². The standard InChI is InChI=1S/C11H18O3/c1-7-6-9-8(10(7)12)2-3-11(9)13-4-5-14-11/h7-10,12H,2-6H2,1H3/t7-,8-,9-,10+/m0/s1. The van der Waals surface area contributed by atoms with Crippen molar-refractivity contribution in [2.75, 3.05) is 13.2 Å². The molecule has 3 fully saturated rings. The predicted octanol–water partition coefficient (Wildman–Crippen LogP) is 1.16. The van der Waals surface area contributed by atoms with E-state index in [2.05, 4.69) is 6.92 Å². The highest BCUT2D eigenvalue weighted by Crippen LogP contribution is 2.55. The van der Waals surface area contributed by atoms with E-state index in [1.54, 1.807) is 0 Å². The summed E-state index contributed by atoms with van der Waals surface area (Å²) >= 11 is 0. The quantitative estimate of drug-likeness (QED) is 0.634. The molecule has 0 amide bonds. The SMILES string of the molecule is C[C@H]1C[C@H]2[C@H](CCC23OCCO3)[C@@H]1O. The van der Waals surface area contributed by atoms with E-state index in [1.807, 2.05) is 0 Å². The van der Waals surface area contributed by atoms with Crippen molar-refractivity contribution in [3.8, 4) is 0 Å². The number of fused-ring (bicyclic) bond motifs is 2. The second-order valence-corrected chi connectivity index (χ2v) is 5.02. The monoisotopic (exact) mass is 198 g/mol. The lowest BCUT2D eigenvalue weighted by Gasteiger charge is -2.28. The highest BCUT2D eigenvalue weighted by atomic mass is 16.7. The smallest absolute Gasteiger partial charge is 0.171 e. The maximum atomic E-state index is 10.0. The summed E-state index contributed by atoms with van der Waals surface area (Å²) in [6, 6.07) is 0. The first-order valence-electron chi connectivity index (χ1n) is 5.69. The summed E-state index contributed by atoms with van der Waals surface area (Å²) in [5.41, 5.74) is 0. The van der Waals surface area contributed by atoms with Gasteiger partial charge in [-0.2, -0.15) is 0 Å². The third-order valence-corrected chi connectivity index (χ3v) is 4.33. The molecule has 0 radical (unpaired) electrons. The lowest BCUT2D eigenvalue weighted by molar-refractivity contribution is -0.184. The van der Waals surface area contributed by atoms with Crippen LogP contribution >= 0.6 is 0 Å². The second kappa shape index (κ2) is 2.94. The van der Waals surface area contributed by atoms with Gasteiger partial charge in [0.05, 0.1) is 19.3 Å². The van der Waals surface area contributed by atoms with Gasteiger partial charge in [0.1, 0.15) is 0 Å². The van der Waals surface area contributed by atoms with Gasteiger partial charge >= 0.3 is 0 Å². The number of hydrogen-bond donors (Lipinski definition) is 1. The van der Waals surface area contributed by atoms with Crippen LogP contribution in [0.5, 0.6) is 0 Å². The molecule has 2 aliphatic carbocycles. The minimum absolute atomic E-state index is 0.132. The topological polar surface area (TPSA) is 38.7 Å². The summed E-state index contributed by atoms with van der Waals surface area (Å²) in [5, 5.41) is 10.0. The van der Waals surface area contributed by atoms with E-state index in [9.17, 15) is 5.11 Å². The van der Waals surface area contributed by atoms with Gasteiger partial charge in [0.15, 0.2) is 5.79 Å². The maximum Gasteiger partial charge on any atom is 0.171 e. The molecule has 4 atom stereocenters. The highest BCUT2D eigenvalue weighted by Gasteiger charge is 2.58. The van der Waals surface area contributed by atoms with Gasteiger partial charge in [-0.25, -0.2) is 0 Å². The molecule has 2 saturated carbocycles. The lowest BCUT2D eigenvalue weighted by atomic mass is 9.96. The van der Waals surface area contributed by atoms with Crippen LogP contribution in [0.25, 0.3) is 0 Å². The van der Waals surface area contributed by atoms with Crippen molar-refractivity contribution < 1.29 is 14.6 Å². The fourth-order valence-electron chi connectivity index (χ4n) is 3.63. The first-order chi connectivity index (χ1) is 6.73. The summed E-state index contributed by atoms with van der Waals surface area (Å²) in [6.07, 6.45) is 2.97. The van der Waals surface area contributed by atoms with Crippen molar-refractivity contribution >= 4 is 0 Å². The van der Waals surface area contributed by atoms with Crippen molar-refractivity contribution in [3.05, 3.63) is 0 Å². The van der Waals surface area contributed by atoms with Gasteiger partial charge in [-0.05, 0) is 24.7 Å². The molecule has 1 saturated heterocycles. The molecule has 1 aliphatic heterocycles. The Morgan fingerprint density at radius 1 is 1.29 bits per heavy atom. The molecule has 3 nitrogen and oxygen atoms in total. The minimum Gasteiger partial charge on any atom is -0.393 e. The van der Waals surface area contributed by atoms with E-state index in [1.165, 1.54) is 0 Å². The number of hydrogen-bond acceptors (Lipinski definition) is 3. The van der Waals surface area contributed by atoms with Crippen LogP contribution in [-0.2, 0) is 9.47 Å². The van der Waals surface area contributed by atoms with E-state index in [-0.39, 0.29) is 11.9 Å². The Hall–Kier alpha value is -0.120. The van der Waals surface area contributed by atoms with E-state index in [0.717, 1.165) is 32.5 Å². The van der Waals surface area contributed by atoms with Gasteiger partial charge in [-0.3, -0.25) is 0 Å². The van der Waals surface area contributed by atoms with Crippen LogP contribution in [0, 0.1) is 17.8 Å². The molecule has 80 valence electrons. The van der Waals surface area contributed by atoms with Crippen molar-refractivity contribution in [3.63, 3.8) is 0 Å².